The molecule has 0 radical (unpaired) electrons. The van der Waals surface area contributed by atoms with Crippen molar-refractivity contribution in [2.45, 2.75) is 63.2 Å². The fraction of sp³-hybridized carbons (Fsp3) is 0.619. The molecule has 2 saturated heterocycles. The zero-order valence-electron chi connectivity index (χ0n) is 15.7. The Morgan fingerprint density at radius 2 is 1.93 bits per heavy atom. The predicted octanol–water partition coefficient (Wildman–Crippen LogP) is 3.84. The third-order valence-corrected chi connectivity index (χ3v) is 6.32. The summed E-state index contributed by atoms with van der Waals surface area (Å²) in [5.74, 6) is -0.256. The second-order valence-corrected chi connectivity index (χ2v) is 7.97. The fourth-order valence-corrected chi connectivity index (χ4v) is 4.50. The summed E-state index contributed by atoms with van der Waals surface area (Å²) in [7, 11) is 0. The minimum absolute atomic E-state index is 0.0207. The third kappa shape index (κ3) is 4.91. The number of rotatable bonds is 10. The average molecular weight is 438 g/mol. The van der Waals surface area contributed by atoms with Crippen molar-refractivity contribution in [3.63, 3.8) is 0 Å². The van der Waals surface area contributed by atoms with Gasteiger partial charge >= 0.3 is 5.97 Å². The van der Waals surface area contributed by atoms with Gasteiger partial charge in [-0.3, -0.25) is 4.79 Å². The molecule has 0 N–H and O–H groups in total. The number of benzene rings is 1. The number of esters is 1. The number of hydrogen-bond acceptors (Lipinski definition) is 4. The molecule has 5 nitrogen and oxygen atoms in total. The zero-order chi connectivity index (χ0) is 19.1. The molecule has 6 heteroatoms. The highest BCUT2D eigenvalue weighted by Gasteiger charge is 2.53. The molecule has 3 rings (SSSR count). The van der Waals surface area contributed by atoms with Gasteiger partial charge in [0.15, 0.2) is 5.60 Å². The minimum Gasteiger partial charge on any atom is -0.446 e. The van der Waals surface area contributed by atoms with Gasteiger partial charge in [0.1, 0.15) is 6.04 Å². The minimum atomic E-state index is -1.01. The number of carbonyl (C=O) groups excluding carboxylic acids is 2. The van der Waals surface area contributed by atoms with Gasteiger partial charge in [-0.15, -0.1) is 0 Å². The van der Waals surface area contributed by atoms with Gasteiger partial charge in [-0.1, -0.05) is 59.1 Å². The molecule has 2 atom stereocenters. The van der Waals surface area contributed by atoms with Gasteiger partial charge < -0.3 is 14.4 Å². The summed E-state index contributed by atoms with van der Waals surface area (Å²) < 4.78 is 11.3. The molecule has 2 aliphatic rings. The normalized spacial score (nSPS) is 24.8. The highest BCUT2D eigenvalue weighted by Crippen LogP contribution is 2.35. The topological polar surface area (TPSA) is 55.8 Å². The Hall–Kier alpha value is -1.40. The molecule has 0 saturated carbocycles. The summed E-state index contributed by atoms with van der Waals surface area (Å²) >= 11 is 3.41. The van der Waals surface area contributed by atoms with E-state index in [0.29, 0.717) is 24.9 Å². The van der Waals surface area contributed by atoms with Gasteiger partial charge in [0, 0.05) is 13.2 Å². The fourth-order valence-electron chi connectivity index (χ4n) is 3.86. The van der Waals surface area contributed by atoms with Gasteiger partial charge in [0.2, 0.25) is 0 Å². The molecule has 0 bridgehead atoms. The molecule has 1 aromatic carbocycles. The SMILES string of the molecule is O=C1O[C@@](CBr)(CCCCCCOCc2ccccc2)C(=O)N2CCC[C@@H]12. The first-order valence-electron chi connectivity index (χ1n) is 9.88. The Labute approximate surface area is 169 Å². The Bertz CT molecular complexity index is 638. The van der Waals surface area contributed by atoms with Crippen LogP contribution in [0.3, 0.4) is 0 Å². The van der Waals surface area contributed by atoms with E-state index >= 15 is 0 Å². The van der Waals surface area contributed by atoms with Gasteiger partial charge in [0.25, 0.3) is 5.91 Å². The van der Waals surface area contributed by atoms with Crippen LogP contribution in [0.5, 0.6) is 0 Å². The number of fused-ring (bicyclic) bond motifs is 1. The van der Waals surface area contributed by atoms with Gasteiger partial charge in [-0.2, -0.15) is 0 Å². The molecule has 0 aromatic heterocycles. The molecular weight excluding hydrogens is 410 g/mol. The molecule has 0 aliphatic carbocycles. The summed E-state index contributed by atoms with van der Waals surface area (Å²) in [5.41, 5.74) is 0.177. The van der Waals surface area contributed by atoms with E-state index in [2.05, 4.69) is 28.1 Å². The Morgan fingerprint density at radius 1 is 1.15 bits per heavy atom. The summed E-state index contributed by atoms with van der Waals surface area (Å²) in [4.78, 5) is 26.8. The van der Waals surface area contributed by atoms with Crippen molar-refractivity contribution in [1.82, 2.24) is 4.90 Å². The first-order chi connectivity index (χ1) is 13.2. The highest BCUT2D eigenvalue weighted by atomic mass is 79.9. The number of unbranched alkanes of at least 4 members (excludes halogenated alkanes) is 3. The molecule has 0 spiro atoms. The number of morpholine rings is 1. The van der Waals surface area contributed by atoms with Crippen molar-refractivity contribution in [3.05, 3.63) is 35.9 Å². The molecule has 2 aliphatic heterocycles. The van der Waals surface area contributed by atoms with Crippen molar-refractivity contribution in [1.29, 1.82) is 0 Å². The second-order valence-electron chi connectivity index (χ2n) is 7.41. The van der Waals surface area contributed by atoms with Crippen LogP contribution in [0, 0.1) is 0 Å². The summed E-state index contributed by atoms with van der Waals surface area (Å²) in [6.45, 7) is 2.06. The molecule has 27 heavy (non-hydrogen) atoms. The monoisotopic (exact) mass is 437 g/mol. The van der Waals surface area contributed by atoms with Crippen LogP contribution < -0.4 is 0 Å². The molecule has 148 valence electrons. The Balaban J connectivity index is 1.35. The lowest BCUT2D eigenvalue weighted by Gasteiger charge is -2.41. The first kappa shape index (κ1) is 20.3. The molecular formula is C21H28BrNO4. The van der Waals surface area contributed by atoms with E-state index in [1.54, 1.807) is 4.90 Å². The first-order valence-corrected chi connectivity index (χ1v) is 11.0. The van der Waals surface area contributed by atoms with Crippen LogP contribution in [0.1, 0.15) is 50.5 Å². The summed E-state index contributed by atoms with van der Waals surface area (Å²) in [6, 6.07) is 9.80. The summed E-state index contributed by atoms with van der Waals surface area (Å²) in [5, 5.41) is 0.369. The quantitative estimate of drug-likeness (QED) is 0.317. The van der Waals surface area contributed by atoms with Gasteiger partial charge in [0.05, 0.1) is 11.9 Å². The van der Waals surface area contributed by atoms with Crippen LogP contribution in [-0.2, 0) is 25.7 Å². The van der Waals surface area contributed by atoms with Crippen LogP contribution in [0.25, 0.3) is 0 Å². The number of alkyl halides is 1. The molecule has 1 amide bonds. The van der Waals surface area contributed by atoms with Crippen LogP contribution >= 0.6 is 15.9 Å². The molecule has 2 fully saturated rings. The number of cyclic esters (lactones) is 1. The molecule has 0 unspecified atom stereocenters. The maximum Gasteiger partial charge on any atom is 0.329 e. The summed E-state index contributed by atoms with van der Waals surface area (Å²) in [6.07, 6.45) is 6.09. The third-order valence-electron chi connectivity index (χ3n) is 5.42. The van der Waals surface area contributed by atoms with E-state index in [0.717, 1.165) is 45.1 Å². The van der Waals surface area contributed by atoms with Crippen LogP contribution in [-0.4, -0.2) is 46.9 Å². The number of amides is 1. The van der Waals surface area contributed by atoms with Crippen molar-refractivity contribution in [2.75, 3.05) is 18.5 Å². The maximum absolute atomic E-state index is 12.8. The maximum atomic E-state index is 12.8. The van der Waals surface area contributed by atoms with Crippen molar-refractivity contribution in [3.8, 4) is 0 Å². The van der Waals surface area contributed by atoms with Crippen LogP contribution in [0.15, 0.2) is 30.3 Å². The lowest BCUT2D eigenvalue weighted by molar-refractivity contribution is -0.188. The van der Waals surface area contributed by atoms with Crippen molar-refractivity contribution < 1.29 is 19.1 Å². The van der Waals surface area contributed by atoms with E-state index in [-0.39, 0.29) is 17.9 Å². The molecule has 2 heterocycles. The Morgan fingerprint density at radius 3 is 2.70 bits per heavy atom. The van der Waals surface area contributed by atoms with E-state index in [9.17, 15) is 9.59 Å². The Kier molecular flexibility index (Phi) is 7.30. The average Bonchev–Trinajstić information content (AvgIpc) is 3.19. The lowest BCUT2D eigenvalue weighted by atomic mass is 9.93. The van der Waals surface area contributed by atoms with Gasteiger partial charge in [-0.05, 0) is 37.7 Å². The van der Waals surface area contributed by atoms with Crippen molar-refractivity contribution >= 4 is 27.8 Å². The highest BCUT2D eigenvalue weighted by molar-refractivity contribution is 9.09. The molecule has 1 aromatic rings. The van der Waals surface area contributed by atoms with E-state index < -0.39 is 5.60 Å². The predicted molar refractivity (Wildman–Crippen MR) is 107 cm³/mol. The lowest BCUT2D eigenvalue weighted by Crippen LogP contribution is -2.61. The van der Waals surface area contributed by atoms with E-state index in [1.165, 1.54) is 5.56 Å². The van der Waals surface area contributed by atoms with E-state index in [4.69, 9.17) is 9.47 Å². The van der Waals surface area contributed by atoms with E-state index in [1.807, 2.05) is 18.2 Å². The second kappa shape index (κ2) is 9.69. The zero-order valence-corrected chi connectivity index (χ0v) is 17.3. The number of hydrogen-bond donors (Lipinski definition) is 0. The standard InChI is InChI=1S/C21H28BrNO4/c22-16-21(20(25)23-13-8-11-18(23)19(24)27-21)12-6-1-2-7-14-26-15-17-9-4-3-5-10-17/h3-5,9-10,18H,1-2,6-8,11-16H2/t18-,21+/m0/s1. The number of halogens is 1. The van der Waals surface area contributed by atoms with Gasteiger partial charge in [-0.25, -0.2) is 4.79 Å². The van der Waals surface area contributed by atoms with Crippen LogP contribution in [0.2, 0.25) is 0 Å². The largest absolute Gasteiger partial charge is 0.446 e. The van der Waals surface area contributed by atoms with Crippen molar-refractivity contribution in [2.24, 2.45) is 0 Å². The smallest absolute Gasteiger partial charge is 0.329 e. The number of nitrogens with zero attached hydrogens (tertiary/aromatic N) is 1. The van der Waals surface area contributed by atoms with Crippen LogP contribution in [0.4, 0.5) is 0 Å². The number of carbonyl (C=O) groups is 2. The number of ether oxygens (including phenoxy) is 2.